The van der Waals surface area contributed by atoms with Gasteiger partial charge in [-0.15, -0.1) is 0 Å². The number of thiol groups is 6. The summed E-state index contributed by atoms with van der Waals surface area (Å²) in [4.78, 5) is 31.0. The van der Waals surface area contributed by atoms with Gasteiger partial charge in [0.2, 0.25) is 0 Å². The molecule has 0 spiro atoms. The third-order valence-electron chi connectivity index (χ3n) is 19.4. The van der Waals surface area contributed by atoms with Crippen molar-refractivity contribution in [3.8, 4) is 0 Å². The van der Waals surface area contributed by atoms with Crippen molar-refractivity contribution in [2.75, 3.05) is 17.3 Å². The molecule has 16 heteroatoms. The van der Waals surface area contributed by atoms with E-state index in [0.29, 0.717) is 0 Å². The molecule has 97 heavy (non-hydrogen) atoms. The summed E-state index contributed by atoms with van der Waals surface area (Å²) >= 11 is 26.7. The maximum atomic E-state index is 10.3. The quantitative estimate of drug-likeness (QED) is 0.0163. The molecule has 0 radical (unpaired) electrons. The number of carboxylic acid groups (broad SMARTS) is 3. The number of aliphatic hydroxyl groups excluding tert-OH is 3. The van der Waals surface area contributed by atoms with E-state index in [4.69, 9.17) is 0 Å². The summed E-state index contributed by atoms with van der Waals surface area (Å²) in [5.74, 6) is 0.295. The molecule has 0 bridgehead atoms. The van der Waals surface area contributed by atoms with E-state index in [9.17, 15) is 45.0 Å². The second-order valence-electron chi connectivity index (χ2n) is 28.9. The first-order valence-electron chi connectivity index (χ1n) is 41.2. The molecule has 0 aliphatic heterocycles. The second-order valence-corrected chi connectivity index (χ2v) is 32.2. The molecule has 0 aromatic rings. The van der Waals surface area contributed by atoms with Crippen LogP contribution in [-0.2, 0) is 36.8 Å². The molecule has 0 saturated heterocycles. The minimum absolute atomic E-state index is 0. The fraction of sp³-hybridized carbons (Fsp3) is 0.963. The first kappa shape index (κ1) is 104. The smallest absolute Gasteiger partial charge is 0.550 e. The molecule has 0 saturated carbocycles. The molecule has 0 rings (SSSR count). The van der Waals surface area contributed by atoms with Gasteiger partial charge >= 0.3 is 22.4 Å². The van der Waals surface area contributed by atoms with Crippen molar-refractivity contribution in [2.45, 2.75) is 477 Å². The predicted octanol–water partition coefficient (Wildman–Crippen LogP) is 21.9. The molecule has 0 aromatic heterocycles. The Labute approximate surface area is 650 Å². The fourth-order valence-corrected chi connectivity index (χ4v) is 14.6. The van der Waals surface area contributed by atoms with Crippen LogP contribution in [0.1, 0.15) is 443 Å². The maximum Gasteiger partial charge on any atom is 3.00 e. The van der Waals surface area contributed by atoms with Crippen molar-refractivity contribution in [1.82, 2.24) is 0 Å². The van der Waals surface area contributed by atoms with E-state index in [1.54, 1.807) is 0 Å². The van der Waals surface area contributed by atoms with E-state index in [-0.39, 0.29) is 75.7 Å². The van der Waals surface area contributed by atoms with E-state index in [2.05, 4.69) is 75.8 Å². The number of hydrogen-bond acceptors (Lipinski definition) is 15. The number of aliphatic hydroxyl groups is 3. The summed E-state index contributed by atoms with van der Waals surface area (Å²) in [6, 6.07) is 0. The second kappa shape index (κ2) is 89.5. The molecule has 0 aliphatic rings. The van der Waals surface area contributed by atoms with E-state index < -0.39 is 17.9 Å². The van der Waals surface area contributed by atoms with Crippen LogP contribution in [0.3, 0.4) is 0 Å². The molecule has 0 aliphatic carbocycles. The summed E-state index contributed by atoms with van der Waals surface area (Å²) in [7, 11) is 0. The summed E-state index contributed by atoms with van der Waals surface area (Å²) in [6.45, 7) is 0. The maximum absolute atomic E-state index is 10.3. The largest absolute Gasteiger partial charge is 3.00 e. The number of carboxylic acids is 3. The van der Waals surface area contributed by atoms with Gasteiger partial charge in [-0.1, -0.05) is 347 Å². The Morgan fingerprint density at radius 3 is 0.454 bits per heavy atom. The van der Waals surface area contributed by atoms with Crippen LogP contribution in [-0.4, -0.2) is 84.5 Å². The molecule has 3 N–H and O–H groups in total. The van der Waals surface area contributed by atoms with Crippen molar-refractivity contribution in [3.05, 3.63) is 0 Å². The van der Waals surface area contributed by atoms with Crippen LogP contribution in [0.5, 0.6) is 0 Å². The predicted molar refractivity (Wildman–Crippen MR) is 431 cm³/mol. The molecule has 584 valence electrons. The van der Waals surface area contributed by atoms with Crippen LogP contribution in [0.25, 0.3) is 0 Å². The van der Waals surface area contributed by atoms with E-state index in [1.807, 2.05) is 0 Å². The molecule has 6 atom stereocenters. The van der Waals surface area contributed by atoms with Gasteiger partial charge in [0.25, 0.3) is 0 Å². The first-order chi connectivity index (χ1) is 46.7. The topological polar surface area (TPSA) is 181 Å². The average molecular weight is 1670 g/mol. The molecular formula is C81H159AuO9S6. The monoisotopic (exact) mass is 1660 g/mol. The zero-order chi connectivity index (χ0) is 71.1. The Morgan fingerprint density at radius 1 is 0.206 bits per heavy atom. The molecular weight excluding hydrogens is 1510 g/mol. The summed E-state index contributed by atoms with van der Waals surface area (Å²) < 4.78 is 0. The van der Waals surface area contributed by atoms with Gasteiger partial charge in [0.1, 0.15) is 0 Å². The van der Waals surface area contributed by atoms with Gasteiger partial charge < -0.3 is 45.0 Å². The first-order valence-corrected chi connectivity index (χ1v) is 44.7. The van der Waals surface area contributed by atoms with Crippen LogP contribution in [0, 0.1) is 0 Å². The van der Waals surface area contributed by atoms with Gasteiger partial charge in [-0.2, -0.15) is 75.8 Å². The Bertz CT molecular complexity index is 1360. The molecule has 0 fully saturated rings. The van der Waals surface area contributed by atoms with Crippen LogP contribution in [0.4, 0.5) is 0 Å². The SMILES string of the molecule is O=C([O-])CCCCCCCCCCCCCCC(S)C(O)CCCCCCCCCCS.O=C([O-])CCCCCCCCCCCCCCC(S)C(O)CCCCCCCCCCS.O=C([O-])CCCCCCCCCCCCCCC(S)C(O)CCCCCCCCCCS.[Au+3]. The van der Waals surface area contributed by atoms with Crippen LogP contribution >= 0.6 is 75.8 Å². The number of rotatable bonds is 78. The fourth-order valence-electron chi connectivity index (χ4n) is 12.9. The molecule has 0 aromatic carbocycles. The molecule has 9 nitrogen and oxygen atoms in total. The van der Waals surface area contributed by atoms with Crippen molar-refractivity contribution >= 4 is 93.7 Å². The van der Waals surface area contributed by atoms with Gasteiger partial charge in [-0.3, -0.25) is 0 Å². The van der Waals surface area contributed by atoms with Gasteiger partial charge in [0.15, 0.2) is 0 Å². The Morgan fingerprint density at radius 2 is 0.320 bits per heavy atom. The third-order valence-corrected chi connectivity index (χ3v) is 22.2. The Balaban J connectivity index is -0.000000665. The molecule has 0 amide bonds. The summed E-state index contributed by atoms with van der Waals surface area (Å²) in [5.41, 5.74) is 0. The van der Waals surface area contributed by atoms with Crippen LogP contribution in [0.2, 0.25) is 0 Å². The van der Waals surface area contributed by atoms with Gasteiger partial charge in [-0.05, 0) is 114 Å². The number of carbonyl (C=O) groups excluding carboxylic acids is 3. The zero-order valence-electron chi connectivity index (χ0n) is 62.7. The Hall–Kier alpha value is 1.13. The molecule has 0 heterocycles. The van der Waals surface area contributed by atoms with Crippen LogP contribution < -0.4 is 15.3 Å². The molecule has 6 unspecified atom stereocenters. The number of unbranched alkanes of at least 4 members (excludes halogenated alkanes) is 54. The van der Waals surface area contributed by atoms with Gasteiger partial charge in [-0.25, -0.2) is 0 Å². The van der Waals surface area contributed by atoms with Crippen molar-refractivity contribution < 1.29 is 67.4 Å². The standard InChI is InChI=1S/3C27H54O3S2.Au/c3*28-25(21-17-13-9-7-8-12-16-20-24-31)26(32)22-18-14-10-5-3-1-2-4-6-11-15-19-23-27(29)30;/h3*25-26,28,31-32H,1-24H2,(H,29,30);/q;;;+3/p-3. The minimum Gasteiger partial charge on any atom is -0.550 e. The minimum atomic E-state index is -0.918. The Kier molecular flexibility index (Phi) is 96.4. The van der Waals surface area contributed by atoms with Crippen LogP contribution in [0.15, 0.2) is 0 Å². The number of hydrogen-bond donors (Lipinski definition) is 9. The third kappa shape index (κ3) is 93.2. The summed E-state index contributed by atoms with van der Waals surface area (Å²) in [6.07, 6.45) is 80.0. The van der Waals surface area contributed by atoms with Gasteiger partial charge in [0.05, 0.1) is 18.3 Å². The van der Waals surface area contributed by atoms with E-state index in [0.717, 1.165) is 133 Å². The van der Waals surface area contributed by atoms with Gasteiger partial charge in [0, 0.05) is 33.7 Å². The number of aliphatic carboxylic acids is 3. The normalized spacial score (nSPS) is 13.2. The zero-order valence-corrected chi connectivity index (χ0v) is 70.2. The number of carbonyl (C=O) groups is 3. The summed E-state index contributed by atoms with van der Waals surface area (Å²) in [5, 5.41) is 62.4. The average Bonchev–Trinajstić information content (AvgIpc) is 3.78. The van der Waals surface area contributed by atoms with Crippen molar-refractivity contribution in [1.29, 1.82) is 0 Å². The van der Waals surface area contributed by atoms with Crippen molar-refractivity contribution in [3.63, 3.8) is 0 Å². The van der Waals surface area contributed by atoms with Crippen molar-refractivity contribution in [2.24, 2.45) is 0 Å². The van der Waals surface area contributed by atoms with E-state index >= 15 is 0 Å². The van der Waals surface area contributed by atoms with E-state index in [1.165, 1.54) is 308 Å².